The second-order valence-electron chi connectivity index (χ2n) is 5.62. The van der Waals surface area contributed by atoms with Crippen LogP contribution in [0.1, 0.15) is 5.56 Å². The summed E-state index contributed by atoms with van der Waals surface area (Å²) in [6.45, 7) is 0.874. The molecule has 3 aromatic rings. The number of aromatic nitrogens is 1. The molecule has 6 heteroatoms. The van der Waals surface area contributed by atoms with Crippen LogP contribution in [0.15, 0.2) is 42.2 Å². The van der Waals surface area contributed by atoms with Gasteiger partial charge in [0, 0.05) is 44.9 Å². The number of aromatic amines is 1. The number of hydrogen-bond acceptors (Lipinski definition) is 4. The van der Waals surface area contributed by atoms with Gasteiger partial charge >= 0.3 is 0 Å². The number of nitrogens with one attached hydrogen (secondary N) is 4. The van der Waals surface area contributed by atoms with Crippen LogP contribution in [0, 0.1) is 5.41 Å². The quantitative estimate of drug-likeness (QED) is 0.444. The van der Waals surface area contributed by atoms with Crippen molar-refractivity contribution >= 4 is 45.3 Å². The zero-order valence-corrected chi connectivity index (χ0v) is 14.2. The van der Waals surface area contributed by atoms with Gasteiger partial charge in [0.2, 0.25) is 0 Å². The molecule has 0 spiro atoms. The molecule has 0 atom stereocenters. The first-order valence-corrected chi connectivity index (χ1v) is 8.12. The first-order chi connectivity index (χ1) is 11.7. The second-order valence-corrected chi connectivity index (χ2v) is 6.05. The molecule has 0 amide bonds. The van der Waals surface area contributed by atoms with Crippen molar-refractivity contribution in [2.24, 2.45) is 5.73 Å². The Morgan fingerprint density at radius 3 is 2.83 bits per heavy atom. The van der Waals surface area contributed by atoms with Crippen molar-refractivity contribution in [3.05, 3.63) is 52.8 Å². The molecule has 0 aliphatic rings. The Morgan fingerprint density at radius 1 is 1.29 bits per heavy atom. The molecule has 0 saturated carbocycles. The highest BCUT2D eigenvalue weighted by atomic mass is 35.5. The van der Waals surface area contributed by atoms with Crippen LogP contribution in [0.2, 0.25) is 5.02 Å². The van der Waals surface area contributed by atoms with Crippen LogP contribution in [-0.2, 0) is 6.42 Å². The molecule has 6 N–H and O–H groups in total. The topological polar surface area (TPSA) is 89.7 Å². The van der Waals surface area contributed by atoms with Gasteiger partial charge in [-0.3, -0.25) is 0 Å². The van der Waals surface area contributed by atoms with Crippen molar-refractivity contribution < 1.29 is 0 Å². The summed E-state index contributed by atoms with van der Waals surface area (Å²) < 4.78 is 0. The molecule has 0 saturated heterocycles. The van der Waals surface area contributed by atoms with Crippen molar-refractivity contribution in [3.63, 3.8) is 0 Å². The highest BCUT2D eigenvalue weighted by molar-refractivity contribution is 6.31. The van der Waals surface area contributed by atoms with Crippen LogP contribution < -0.4 is 16.4 Å². The average molecular weight is 342 g/mol. The minimum atomic E-state index is 0.548. The Morgan fingerprint density at radius 2 is 2.12 bits per heavy atom. The number of hydrogen-bond donors (Lipinski definition) is 5. The Labute approximate surface area is 145 Å². The summed E-state index contributed by atoms with van der Waals surface area (Å²) in [5, 5.41) is 16.7. The van der Waals surface area contributed by atoms with E-state index in [9.17, 15) is 0 Å². The highest BCUT2D eigenvalue weighted by Crippen LogP contribution is 2.32. The van der Waals surface area contributed by atoms with E-state index >= 15 is 0 Å². The first kappa shape index (κ1) is 16.4. The number of allylic oxidation sites excluding steroid dienone is 1. The molecule has 1 heterocycles. The third kappa shape index (κ3) is 3.09. The molecule has 24 heavy (non-hydrogen) atoms. The maximum absolute atomic E-state index is 7.40. The monoisotopic (exact) mass is 341 g/mol. The van der Waals surface area contributed by atoms with E-state index in [-0.39, 0.29) is 0 Å². The van der Waals surface area contributed by atoms with Gasteiger partial charge in [0.05, 0.1) is 5.70 Å². The van der Waals surface area contributed by atoms with Gasteiger partial charge in [-0.1, -0.05) is 11.6 Å². The number of anilines is 1. The van der Waals surface area contributed by atoms with E-state index in [2.05, 4.69) is 27.8 Å². The van der Waals surface area contributed by atoms with Crippen molar-refractivity contribution in [2.75, 3.05) is 18.9 Å². The maximum atomic E-state index is 7.40. The van der Waals surface area contributed by atoms with Gasteiger partial charge in [0.15, 0.2) is 0 Å². The lowest BCUT2D eigenvalue weighted by Crippen LogP contribution is -2.11. The van der Waals surface area contributed by atoms with Gasteiger partial charge in [0.25, 0.3) is 0 Å². The number of H-pyrrole nitrogens is 1. The zero-order chi connectivity index (χ0) is 17.1. The summed E-state index contributed by atoms with van der Waals surface area (Å²) in [5.74, 6) is 0. The summed E-state index contributed by atoms with van der Waals surface area (Å²) >= 11 is 6.17. The van der Waals surface area contributed by atoms with Crippen molar-refractivity contribution in [1.29, 1.82) is 5.41 Å². The van der Waals surface area contributed by atoms with Crippen LogP contribution >= 0.6 is 11.6 Å². The molecule has 0 aliphatic heterocycles. The third-order valence-corrected chi connectivity index (χ3v) is 4.25. The molecule has 1 aromatic heterocycles. The molecule has 124 valence electrons. The fourth-order valence-corrected chi connectivity index (χ4v) is 3.04. The summed E-state index contributed by atoms with van der Waals surface area (Å²) in [5.41, 5.74) is 10.3. The van der Waals surface area contributed by atoms with E-state index < -0.39 is 0 Å². The molecular weight excluding hydrogens is 322 g/mol. The van der Waals surface area contributed by atoms with E-state index in [1.54, 1.807) is 0 Å². The van der Waals surface area contributed by atoms with Crippen molar-refractivity contribution in [3.8, 4) is 0 Å². The van der Waals surface area contributed by atoms with E-state index in [1.165, 1.54) is 18.0 Å². The van der Waals surface area contributed by atoms with Crippen LogP contribution in [-0.4, -0.2) is 24.8 Å². The minimum absolute atomic E-state index is 0.548. The Balaban J connectivity index is 2.21. The van der Waals surface area contributed by atoms with Crippen LogP contribution in [0.5, 0.6) is 0 Å². The van der Waals surface area contributed by atoms with Gasteiger partial charge in [0.1, 0.15) is 0 Å². The molecule has 3 rings (SSSR count). The Hall–Kier alpha value is -2.50. The SMILES string of the molecule is CNCCc1cc(NC(C=N)=CN)cc2c1[nH]c1ccc(Cl)cc12. The number of rotatable bonds is 6. The molecule has 0 bridgehead atoms. The lowest BCUT2D eigenvalue weighted by molar-refractivity contribution is 0.794. The number of likely N-dealkylation sites (N-methyl/N-ethyl adjacent to an activating group) is 1. The van der Waals surface area contributed by atoms with E-state index in [4.69, 9.17) is 22.7 Å². The predicted molar refractivity (Wildman–Crippen MR) is 103 cm³/mol. The van der Waals surface area contributed by atoms with E-state index in [1.807, 2.05) is 25.2 Å². The Bertz CT molecular complexity index is 926. The molecule has 2 aromatic carbocycles. The largest absolute Gasteiger partial charge is 0.403 e. The molecular formula is C18H20ClN5. The van der Waals surface area contributed by atoms with E-state index in [0.717, 1.165) is 40.5 Å². The van der Waals surface area contributed by atoms with E-state index in [0.29, 0.717) is 10.7 Å². The molecule has 0 aliphatic carbocycles. The maximum Gasteiger partial charge on any atom is 0.0720 e. The predicted octanol–water partition coefficient (Wildman–Crippen LogP) is 3.60. The van der Waals surface area contributed by atoms with Crippen molar-refractivity contribution in [1.82, 2.24) is 10.3 Å². The van der Waals surface area contributed by atoms with Crippen LogP contribution in [0.4, 0.5) is 5.69 Å². The number of fused-ring (bicyclic) bond motifs is 3. The van der Waals surface area contributed by atoms with Gasteiger partial charge in [-0.2, -0.15) is 0 Å². The minimum Gasteiger partial charge on any atom is -0.403 e. The summed E-state index contributed by atoms with van der Waals surface area (Å²) in [4.78, 5) is 3.49. The summed E-state index contributed by atoms with van der Waals surface area (Å²) in [6, 6.07) is 9.99. The smallest absolute Gasteiger partial charge is 0.0720 e. The fourth-order valence-electron chi connectivity index (χ4n) is 2.87. The lowest BCUT2D eigenvalue weighted by atomic mass is 10.0. The molecule has 0 radical (unpaired) electrons. The average Bonchev–Trinajstić information content (AvgIpc) is 2.95. The summed E-state index contributed by atoms with van der Waals surface area (Å²) in [6.07, 6.45) is 3.47. The number of halogens is 1. The van der Waals surface area contributed by atoms with Gasteiger partial charge < -0.3 is 26.8 Å². The third-order valence-electron chi connectivity index (χ3n) is 4.02. The second kappa shape index (κ2) is 6.95. The number of benzene rings is 2. The lowest BCUT2D eigenvalue weighted by Gasteiger charge is -2.10. The van der Waals surface area contributed by atoms with Crippen LogP contribution in [0.3, 0.4) is 0 Å². The first-order valence-electron chi connectivity index (χ1n) is 7.74. The molecule has 0 unspecified atom stereocenters. The Kier molecular flexibility index (Phi) is 4.74. The van der Waals surface area contributed by atoms with Gasteiger partial charge in [-0.15, -0.1) is 0 Å². The molecule has 5 nitrogen and oxygen atoms in total. The number of nitrogens with two attached hydrogens (primary N) is 1. The van der Waals surface area contributed by atoms with Crippen molar-refractivity contribution in [2.45, 2.75) is 6.42 Å². The standard InChI is InChI=1S/C18H20ClN5/c1-22-5-4-11-6-13(23-14(9-20)10-21)8-16-15-7-12(19)2-3-17(15)24-18(11)16/h2-3,6-10,20,22-24H,4-5,21H2,1H3. The normalized spacial score (nSPS) is 12.0. The summed E-state index contributed by atoms with van der Waals surface area (Å²) in [7, 11) is 1.94. The molecule has 0 fully saturated rings. The van der Waals surface area contributed by atoms with Crippen LogP contribution in [0.25, 0.3) is 21.8 Å². The van der Waals surface area contributed by atoms with Gasteiger partial charge in [-0.05, 0) is 55.9 Å². The van der Waals surface area contributed by atoms with Gasteiger partial charge in [-0.25, -0.2) is 0 Å². The fraction of sp³-hybridized carbons (Fsp3) is 0.167. The zero-order valence-electron chi connectivity index (χ0n) is 13.4. The highest BCUT2D eigenvalue weighted by Gasteiger charge is 2.11.